The number of ether oxygens (including phenoxy) is 1. The van der Waals surface area contributed by atoms with E-state index in [4.69, 9.17) is 4.74 Å². The molecule has 0 aliphatic carbocycles. The fourth-order valence-electron chi connectivity index (χ4n) is 4.05. The van der Waals surface area contributed by atoms with Crippen LogP contribution >= 0.6 is 0 Å². The highest BCUT2D eigenvalue weighted by atomic mass is 16.5. The summed E-state index contributed by atoms with van der Waals surface area (Å²) in [5, 5.41) is 0. The molecule has 8 heteroatoms. The molecule has 0 radical (unpaired) electrons. The van der Waals surface area contributed by atoms with E-state index in [1.807, 2.05) is 17.0 Å². The summed E-state index contributed by atoms with van der Waals surface area (Å²) < 4.78 is 5.89. The highest BCUT2D eigenvalue weighted by Gasteiger charge is 2.32. The second-order valence-electron chi connectivity index (χ2n) is 7.83. The predicted octanol–water partition coefficient (Wildman–Crippen LogP) is 2.57. The molecule has 2 aliphatic rings. The van der Waals surface area contributed by atoms with E-state index in [-0.39, 0.29) is 18.4 Å². The van der Waals surface area contributed by atoms with Crippen LogP contribution in [-0.2, 0) is 11.3 Å². The van der Waals surface area contributed by atoms with Crippen molar-refractivity contribution in [2.24, 2.45) is 0 Å². The van der Waals surface area contributed by atoms with Gasteiger partial charge in [-0.2, -0.15) is 0 Å². The van der Waals surface area contributed by atoms with Gasteiger partial charge in [0.2, 0.25) is 11.8 Å². The van der Waals surface area contributed by atoms with Crippen molar-refractivity contribution < 1.29 is 14.3 Å². The molecule has 0 bridgehead atoms. The lowest BCUT2D eigenvalue weighted by Gasteiger charge is -2.35. The van der Waals surface area contributed by atoms with Crippen LogP contribution in [0.4, 0.5) is 5.69 Å². The quantitative estimate of drug-likeness (QED) is 0.634. The summed E-state index contributed by atoms with van der Waals surface area (Å²) in [7, 11) is 0. The summed E-state index contributed by atoms with van der Waals surface area (Å²) in [6.07, 6.45) is 5.20. The van der Waals surface area contributed by atoms with Gasteiger partial charge in [0.25, 0.3) is 5.91 Å². The van der Waals surface area contributed by atoms with Crippen LogP contribution in [0.3, 0.4) is 0 Å². The van der Waals surface area contributed by atoms with Crippen LogP contribution in [0.2, 0.25) is 0 Å². The number of para-hydroxylation sites is 1. The number of hydrogen-bond acceptors (Lipinski definition) is 6. The van der Waals surface area contributed by atoms with Gasteiger partial charge in [-0.3, -0.25) is 24.4 Å². The van der Waals surface area contributed by atoms with Gasteiger partial charge in [0.1, 0.15) is 18.0 Å². The van der Waals surface area contributed by atoms with Crippen LogP contribution in [0.25, 0.3) is 0 Å². The Morgan fingerprint density at radius 1 is 0.938 bits per heavy atom. The summed E-state index contributed by atoms with van der Waals surface area (Å²) >= 11 is 0. The number of carbonyl (C=O) groups excluding carboxylic acids is 2. The summed E-state index contributed by atoms with van der Waals surface area (Å²) in [5.41, 5.74) is 2.12. The number of benzene rings is 1. The normalized spacial score (nSPS) is 16.1. The Hall–Kier alpha value is -3.78. The van der Waals surface area contributed by atoms with Crippen LogP contribution < -0.4 is 9.64 Å². The van der Waals surface area contributed by atoms with Crippen LogP contribution in [0.1, 0.15) is 15.9 Å². The molecule has 0 spiro atoms. The fraction of sp³-hybridized carbons (Fsp3) is 0.250. The smallest absolute Gasteiger partial charge is 0.262 e. The maximum absolute atomic E-state index is 13.3. The first-order valence-electron chi connectivity index (χ1n) is 10.6. The molecule has 0 unspecified atom stereocenters. The molecule has 0 saturated carbocycles. The first kappa shape index (κ1) is 20.1. The van der Waals surface area contributed by atoms with Crippen molar-refractivity contribution >= 4 is 17.5 Å². The number of anilines is 1. The Morgan fingerprint density at radius 3 is 2.53 bits per heavy atom. The number of carbonyl (C=O) groups is 2. The Balaban J connectivity index is 1.29. The lowest BCUT2D eigenvalue weighted by Crippen LogP contribution is -2.51. The maximum atomic E-state index is 13.3. The molecule has 1 fully saturated rings. The highest BCUT2D eigenvalue weighted by Crippen LogP contribution is 2.36. The zero-order valence-corrected chi connectivity index (χ0v) is 17.6. The van der Waals surface area contributed by atoms with E-state index >= 15 is 0 Å². The fourth-order valence-corrected chi connectivity index (χ4v) is 4.05. The van der Waals surface area contributed by atoms with Crippen molar-refractivity contribution in [2.75, 3.05) is 37.6 Å². The van der Waals surface area contributed by atoms with Gasteiger partial charge in [-0.25, -0.2) is 4.98 Å². The lowest BCUT2D eigenvalue weighted by atomic mass is 10.1. The molecule has 2 aliphatic heterocycles. The number of amides is 2. The molecule has 3 aromatic rings. The molecule has 0 atom stereocenters. The first-order chi connectivity index (χ1) is 15.7. The standard InChI is InChI=1S/C24H23N5O3/c30-22(28-14-12-27(13-15-28)16-18-7-10-25-11-8-18)17-29-20-5-3-9-26-23(20)32-21-6-2-1-4-19(21)24(29)31/h1-11H,12-17H2. The van der Waals surface area contributed by atoms with Crippen molar-refractivity contribution in [1.82, 2.24) is 19.8 Å². The van der Waals surface area contributed by atoms with Crippen molar-refractivity contribution in [3.05, 3.63) is 78.2 Å². The van der Waals surface area contributed by atoms with E-state index in [1.54, 1.807) is 55.0 Å². The van der Waals surface area contributed by atoms with E-state index < -0.39 is 0 Å². The van der Waals surface area contributed by atoms with E-state index in [0.717, 1.165) is 19.6 Å². The Bertz CT molecular complexity index is 1130. The second kappa shape index (κ2) is 8.76. The maximum Gasteiger partial charge on any atom is 0.262 e. The van der Waals surface area contributed by atoms with E-state index in [2.05, 4.69) is 14.9 Å². The van der Waals surface area contributed by atoms with E-state index in [1.165, 1.54) is 10.5 Å². The van der Waals surface area contributed by atoms with E-state index in [0.29, 0.717) is 36.0 Å². The number of rotatable bonds is 4. The Kier molecular flexibility index (Phi) is 5.51. The number of piperazine rings is 1. The van der Waals surface area contributed by atoms with Gasteiger partial charge < -0.3 is 9.64 Å². The zero-order valence-electron chi connectivity index (χ0n) is 17.6. The first-order valence-corrected chi connectivity index (χ1v) is 10.6. The summed E-state index contributed by atoms with van der Waals surface area (Å²) in [5.74, 6) is 0.408. The monoisotopic (exact) mass is 429 g/mol. The third kappa shape index (κ3) is 4.04. The largest absolute Gasteiger partial charge is 0.436 e. The second-order valence-corrected chi connectivity index (χ2v) is 7.83. The minimum atomic E-state index is -0.267. The molecular formula is C24H23N5O3. The van der Waals surface area contributed by atoms with Gasteiger partial charge in [0.15, 0.2) is 0 Å². The highest BCUT2D eigenvalue weighted by molar-refractivity contribution is 6.11. The number of pyridine rings is 2. The lowest BCUT2D eigenvalue weighted by molar-refractivity contribution is -0.131. The predicted molar refractivity (Wildman–Crippen MR) is 119 cm³/mol. The minimum Gasteiger partial charge on any atom is -0.436 e. The molecule has 2 amide bonds. The summed E-state index contributed by atoms with van der Waals surface area (Å²) in [4.78, 5) is 40.4. The third-order valence-electron chi connectivity index (χ3n) is 5.79. The number of aromatic nitrogens is 2. The van der Waals surface area contributed by atoms with Gasteiger partial charge in [-0.15, -0.1) is 0 Å². The molecule has 2 aromatic heterocycles. The summed E-state index contributed by atoms with van der Waals surface area (Å²) in [6.45, 7) is 3.60. The van der Waals surface area contributed by atoms with Gasteiger partial charge in [0.05, 0.1) is 5.56 Å². The minimum absolute atomic E-state index is 0.0560. The molecular weight excluding hydrogens is 406 g/mol. The zero-order chi connectivity index (χ0) is 21.9. The molecule has 5 rings (SSSR count). The molecule has 8 nitrogen and oxygen atoms in total. The molecule has 1 saturated heterocycles. The van der Waals surface area contributed by atoms with Crippen LogP contribution in [0.5, 0.6) is 11.6 Å². The van der Waals surface area contributed by atoms with Crippen molar-refractivity contribution in [1.29, 1.82) is 0 Å². The molecule has 162 valence electrons. The average Bonchev–Trinajstić information content (AvgIpc) is 2.95. The SMILES string of the molecule is O=C(CN1C(=O)c2ccccc2Oc2ncccc21)N1CCN(Cc2ccncc2)CC1. The van der Waals surface area contributed by atoms with Crippen molar-refractivity contribution in [2.45, 2.75) is 6.54 Å². The van der Waals surface area contributed by atoms with Crippen LogP contribution in [0.15, 0.2) is 67.1 Å². The molecule has 1 aromatic carbocycles. The van der Waals surface area contributed by atoms with E-state index in [9.17, 15) is 9.59 Å². The van der Waals surface area contributed by atoms with Gasteiger partial charge in [0, 0.05) is 51.3 Å². The average molecular weight is 429 g/mol. The third-order valence-corrected chi connectivity index (χ3v) is 5.79. The number of hydrogen-bond donors (Lipinski definition) is 0. The Labute approximate surface area is 186 Å². The van der Waals surface area contributed by atoms with Crippen LogP contribution in [-0.4, -0.2) is 64.3 Å². The van der Waals surface area contributed by atoms with Crippen LogP contribution in [0, 0.1) is 0 Å². The van der Waals surface area contributed by atoms with Gasteiger partial charge >= 0.3 is 0 Å². The molecule has 32 heavy (non-hydrogen) atoms. The summed E-state index contributed by atoms with van der Waals surface area (Å²) in [6, 6.07) is 14.5. The molecule has 0 N–H and O–H groups in total. The van der Waals surface area contributed by atoms with Crippen molar-refractivity contribution in [3.8, 4) is 11.6 Å². The number of nitrogens with zero attached hydrogens (tertiary/aromatic N) is 5. The van der Waals surface area contributed by atoms with Gasteiger partial charge in [-0.05, 0) is 42.0 Å². The Morgan fingerprint density at radius 2 is 1.72 bits per heavy atom. The topological polar surface area (TPSA) is 78.9 Å². The van der Waals surface area contributed by atoms with Gasteiger partial charge in [-0.1, -0.05) is 12.1 Å². The number of fused-ring (bicyclic) bond motifs is 2. The van der Waals surface area contributed by atoms with Crippen molar-refractivity contribution in [3.63, 3.8) is 0 Å². The molecule has 4 heterocycles.